The van der Waals surface area contributed by atoms with E-state index >= 15 is 0 Å². The van der Waals surface area contributed by atoms with Gasteiger partial charge in [0.1, 0.15) is 5.75 Å². The zero-order valence-corrected chi connectivity index (χ0v) is 16.3. The predicted octanol–water partition coefficient (Wildman–Crippen LogP) is 2.69. The van der Waals surface area contributed by atoms with E-state index < -0.39 is 10.0 Å². The lowest BCUT2D eigenvalue weighted by atomic mass is 10.1. The number of piperidine rings is 1. The molecule has 25 heavy (non-hydrogen) atoms. The first kappa shape index (κ1) is 20.3. The van der Waals surface area contributed by atoms with Crippen molar-refractivity contribution in [3.63, 3.8) is 0 Å². The van der Waals surface area contributed by atoms with Crippen LogP contribution in [0.1, 0.15) is 26.2 Å². The largest absolute Gasteiger partial charge is 0.482 e. The number of nitrogens with zero attached hydrogens (tertiary/aromatic N) is 1. The lowest BCUT2D eigenvalue weighted by Gasteiger charge is -2.31. The SMILES string of the molecule is CCCS(=O)(=O)N1CCC(NC(=O)COc2ccc(Cl)cc2Cl)CC1. The smallest absolute Gasteiger partial charge is 0.258 e. The first-order chi connectivity index (χ1) is 11.8. The zero-order valence-electron chi connectivity index (χ0n) is 14.0. The van der Waals surface area contributed by atoms with Crippen molar-refractivity contribution in [1.29, 1.82) is 0 Å². The van der Waals surface area contributed by atoms with Gasteiger partial charge in [-0.3, -0.25) is 4.79 Å². The Balaban J connectivity index is 1.77. The summed E-state index contributed by atoms with van der Waals surface area (Å²) in [5, 5.41) is 3.70. The van der Waals surface area contributed by atoms with Crippen molar-refractivity contribution in [2.45, 2.75) is 32.2 Å². The summed E-state index contributed by atoms with van der Waals surface area (Å²) in [5.41, 5.74) is 0. The summed E-state index contributed by atoms with van der Waals surface area (Å²) in [7, 11) is -3.17. The second-order valence-electron chi connectivity index (χ2n) is 5.92. The van der Waals surface area contributed by atoms with Crippen molar-refractivity contribution in [2.24, 2.45) is 0 Å². The van der Waals surface area contributed by atoms with Gasteiger partial charge in [-0.25, -0.2) is 12.7 Å². The molecule has 2 rings (SSSR count). The Hall–Kier alpha value is -1.02. The Bertz CT molecular complexity index is 704. The third kappa shape index (κ3) is 6.02. The molecule has 1 heterocycles. The first-order valence-corrected chi connectivity index (χ1v) is 10.5. The fourth-order valence-electron chi connectivity index (χ4n) is 2.67. The molecule has 6 nitrogen and oxygen atoms in total. The second-order valence-corrected chi connectivity index (χ2v) is 8.85. The Labute approximate surface area is 158 Å². The fraction of sp³-hybridized carbons (Fsp3) is 0.562. The van der Waals surface area contributed by atoms with E-state index in [0.29, 0.717) is 48.1 Å². The predicted molar refractivity (Wildman–Crippen MR) is 98.8 cm³/mol. The number of amides is 1. The van der Waals surface area contributed by atoms with E-state index in [9.17, 15) is 13.2 Å². The average Bonchev–Trinajstić information content (AvgIpc) is 2.54. The van der Waals surface area contributed by atoms with E-state index in [1.165, 1.54) is 4.31 Å². The number of sulfonamides is 1. The van der Waals surface area contributed by atoms with E-state index in [2.05, 4.69) is 5.32 Å². The van der Waals surface area contributed by atoms with Crippen molar-refractivity contribution in [3.8, 4) is 5.75 Å². The number of benzene rings is 1. The normalized spacial score (nSPS) is 16.6. The van der Waals surface area contributed by atoms with Gasteiger partial charge in [-0.05, 0) is 37.5 Å². The number of ether oxygens (including phenoxy) is 1. The molecule has 0 atom stereocenters. The van der Waals surface area contributed by atoms with Crippen LogP contribution in [-0.4, -0.2) is 50.1 Å². The maximum atomic E-state index is 12.0. The van der Waals surface area contributed by atoms with Crippen LogP contribution in [-0.2, 0) is 14.8 Å². The van der Waals surface area contributed by atoms with Gasteiger partial charge in [0.05, 0.1) is 10.8 Å². The van der Waals surface area contributed by atoms with Gasteiger partial charge >= 0.3 is 0 Å². The van der Waals surface area contributed by atoms with Crippen molar-refractivity contribution < 1.29 is 17.9 Å². The molecule has 0 aromatic heterocycles. The molecule has 0 saturated carbocycles. The van der Waals surface area contributed by atoms with Crippen molar-refractivity contribution in [3.05, 3.63) is 28.2 Å². The van der Waals surface area contributed by atoms with E-state index in [0.717, 1.165) is 0 Å². The van der Waals surface area contributed by atoms with E-state index in [4.69, 9.17) is 27.9 Å². The van der Waals surface area contributed by atoms with Gasteiger partial charge in [-0.15, -0.1) is 0 Å². The third-order valence-electron chi connectivity index (χ3n) is 3.93. The Kier molecular flexibility index (Phi) is 7.37. The molecule has 0 bridgehead atoms. The molecular formula is C16H22Cl2N2O4S. The molecule has 1 N–H and O–H groups in total. The van der Waals surface area contributed by atoms with Crippen LogP contribution in [0.3, 0.4) is 0 Å². The first-order valence-electron chi connectivity index (χ1n) is 8.17. The Morgan fingerprint density at radius 3 is 2.60 bits per heavy atom. The molecule has 9 heteroatoms. The van der Waals surface area contributed by atoms with E-state index in [1.54, 1.807) is 18.2 Å². The summed E-state index contributed by atoms with van der Waals surface area (Å²) in [5.74, 6) is 0.294. The standard InChI is InChI=1S/C16H22Cl2N2O4S/c1-2-9-25(22,23)20-7-5-13(6-8-20)19-16(21)11-24-15-4-3-12(17)10-14(15)18/h3-4,10,13H,2,5-9,11H2,1H3,(H,19,21). The van der Waals surface area contributed by atoms with Crippen molar-refractivity contribution >= 4 is 39.1 Å². The van der Waals surface area contributed by atoms with Gasteiger partial charge < -0.3 is 10.1 Å². The number of hydrogen-bond donors (Lipinski definition) is 1. The number of rotatable bonds is 7. The minimum atomic E-state index is -3.17. The summed E-state index contributed by atoms with van der Waals surface area (Å²) in [6.07, 6.45) is 1.79. The van der Waals surface area contributed by atoms with Gasteiger partial charge in [0, 0.05) is 24.2 Å². The topological polar surface area (TPSA) is 75.7 Å². The molecule has 1 aromatic rings. The zero-order chi connectivity index (χ0) is 18.4. The molecule has 140 valence electrons. The van der Waals surface area contributed by atoms with Crippen LogP contribution in [0.4, 0.5) is 0 Å². The summed E-state index contributed by atoms with van der Waals surface area (Å²) in [6, 6.07) is 4.73. The van der Waals surface area contributed by atoms with Gasteiger partial charge in [-0.1, -0.05) is 30.1 Å². The number of nitrogens with one attached hydrogen (secondary N) is 1. The molecule has 0 unspecified atom stereocenters. The maximum Gasteiger partial charge on any atom is 0.258 e. The van der Waals surface area contributed by atoms with Crippen LogP contribution in [0.2, 0.25) is 10.0 Å². The monoisotopic (exact) mass is 408 g/mol. The highest BCUT2D eigenvalue weighted by Crippen LogP contribution is 2.27. The quantitative estimate of drug-likeness (QED) is 0.752. The molecule has 1 aliphatic heterocycles. The molecule has 1 aromatic carbocycles. The molecular weight excluding hydrogens is 387 g/mol. The number of carbonyl (C=O) groups excluding carboxylic acids is 1. The minimum Gasteiger partial charge on any atom is -0.482 e. The lowest BCUT2D eigenvalue weighted by molar-refractivity contribution is -0.124. The molecule has 1 fully saturated rings. The Morgan fingerprint density at radius 2 is 2.00 bits per heavy atom. The molecule has 1 amide bonds. The minimum absolute atomic E-state index is 0.0510. The van der Waals surface area contributed by atoms with Crippen LogP contribution in [0.25, 0.3) is 0 Å². The molecule has 0 spiro atoms. The number of hydrogen-bond acceptors (Lipinski definition) is 4. The van der Waals surface area contributed by atoms with Crippen molar-refractivity contribution in [1.82, 2.24) is 9.62 Å². The summed E-state index contributed by atoms with van der Waals surface area (Å²) >= 11 is 11.8. The highest BCUT2D eigenvalue weighted by molar-refractivity contribution is 7.89. The van der Waals surface area contributed by atoms with Crippen LogP contribution < -0.4 is 10.1 Å². The summed E-state index contributed by atoms with van der Waals surface area (Å²) in [4.78, 5) is 12.0. The van der Waals surface area contributed by atoms with E-state index in [-0.39, 0.29) is 24.3 Å². The van der Waals surface area contributed by atoms with E-state index in [1.807, 2.05) is 6.92 Å². The van der Waals surface area contributed by atoms with Gasteiger partial charge in [0.25, 0.3) is 5.91 Å². The van der Waals surface area contributed by atoms with Gasteiger partial charge in [0.15, 0.2) is 6.61 Å². The van der Waals surface area contributed by atoms with Crippen molar-refractivity contribution in [2.75, 3.05) is 25.4 Å². The molecule has 1 aliphatic rings. The second kappa shape index (κ2) is 9.07. The Morgan fingerprint density at radius 1 is 1.32 bits per heavy atom. The highest BCUT2D eigenvalue weighted by atomic mass is 35.5. The van der Waals surface area contributed by atoms with Crippen LogP contribution in [0.15, 0.2) is 18.2 Å². The summed E-state index contributed by atoms with van der Waals surface area (Å²) < 4.78 is 30.9. The summed E-state index contributed by atoms with van der Waals surface area (Å²) in [6.45, 7) is 2.54. The molecule has 0 radical (unpaired) electrons. The van der Waals surface area contributed by atoms with Gasteiger partial charge in [0.2, 0.25) is 10.0 Å². The third-order valence-corrected chi connectivity index (χ3v) is 6.53. The highest BCUT2D eigenvalue weighted by Gasteiger charge is 2.27. The van der Waals surface area contributed by atoms with Crippen LogP contribution in [0, 0.1) is 0 Å². The fourth-order valence-corrected chi connectivity index (χ4v) is 4.67. The van der Waals surface area contributed by atoms with Gasteiger partial charge in [-0.2, -0.15) is 0 Å². The average molecular weight is 409 g/mol. The molecule has 1 saturated heterocycles. The number of halogens is 2. The number of carbonyl (C=O) groups is 1. The van der Waals surface area contributed by atoms with Crippen LogP contribution in [0.5, 0.6) is 5.75 Å². The van der Waals surface area contributed by atoms with Crippen LogP contribution >= 0.6 is 23.2 Å². The molecule has 0 aliphatic carbocycles. The maximum absolute atomic E-state index is 12.0. The lowest BCUT2D eigenvalue weighted by Crippen LogP contribution is -2.47.